The Labute approximate surface area is 141 Å². The van der Waals surface area contributed by atoms with Gasteiger partial charge in [-0.05, 0) is 24.1 Å². The first-order valence-electron chi connectivity index (χ1n) is 7.70. The Bertz CT molecular complexity index is 700. The number of carbonyl (C=O) groups excluding carboxylic acids is 2. The third kappa shape index (κ3) is 3.56. The molecule has 2 aromatic carbocycles. The zero-order valence-corrected chi connectivity index (χ0v) is 14.1. The lowest BCUT2D eigenvalue weighted by molar-refractivity contribution is 0.0595. The highest BCUT2D eigenvalue weighted by Crippen LogP contribution is 2.31. The van der Waals surface area contributed by atoms with E-state index in [2.05, 4.69) is 0 Å². The molecule has 0 N–H and O–H groups in total. The molecule has 0 saturated carbocycles. The van der Waals surface area contributed by atoms with Crippen LogP contribution >= 0.6 is 0 Å². The number of rotatable bonds is 5. The molecule has 1 atom stereocenters. The summed E-state index contributed by atoms with van der Waals surface area (Å²) in [6.07, 6.45) is -0.453. The SMILES string of the molecule is CCN(C(=O)OC)C(c1ccccc1)c1ccccc1C(=O)OC. The Hall–Kier alpha value is -2.82. The maximum atomic E-state index is 12.3. The first-order chi connectivity index (χ1) is 11.6. The zero-order valence-electron chi connectivity index (χ0n) is 14.1. The number of benzene rings is 2. The van der Waals surface area contributed by atoms with Crippen LogP contribution in [0, 0.1) is 0 Å². The van der Waals surface area contributed by atoms with Crippen molar-refractivity contribution in [2.75, 3.05) is 20.8 Å². The lowest BCUT2D eigenvalue weighted by Gasteiger charge is -2.31. The minimum absolute atomic E-state index is 0.427. The maximum absolute atomic E-state index is 12.3. The Morgan fingerprint density at radius 1 is 0.958 bits per heavy atom. The van der Waals surface area contributed by atoms with Crippen LogP contribution in [0.25, 0.3) is 0 Å². The highest BCUT2D eigenvalue weighted by atomic mass is 16.5. The number of esters is 1. The van der Waals surface area contributed by atoms with E-state index in [0.717, 1.165) is 5.56 Å². The van der Waals surface area contributed by atoms with Crippen LogP contribution in [0.1, 0.15) is 34.5 Å². The van der Waals surface area contributed by atoms with Crippen LogP contribution < -0.4 is 0 Å². The van der Waals surface area contributed by atoms with E-state index in [1.807, 2.05) is 49.4 Å². The van der Waals surface area contributed by atoms with Crippen molar-refractivity contribution in [1.29, 1.82) is 0 Å². The molecule has 24 heavy (non-hydrogen) atoms. The van der Waals surface area contributed by atoms with Gasteiger partial charge >= 0.3 is 12.1 Å². The smallest absolute Gasteiger partial charge is 0.410 e. The second-order valence-electron chi connectivity index (χ2n) is 5.15. The Balaban J connectivity index is 2.63. The number of nitrogens with zero attached hydrogens (tertiary/aromatic N) is 1. The van der Waals surface area contributed by atoms with Gasteiger partial charge in [-0.1, -0.05) is 48.5 Å². The highest BCUT2D eigenvalue weighted by Gasteiger charge is 2.29. The van der Waals surface area contributed by atoms with Crippen LogP contribution in [0.5, 0.6) is 0 Å². The van der Waals surface area contributed by atoms with Crippen LogP contribution in [0.2, 0.25) is 0 Å². The number of carbonyl (C=O) groups is 2. The summed E-state index contributed by atoms with van der Waals surface area (Å²) in [5, 5.41) is 0. The topological polar surface area (TPSA) is 55.8 Å². The Morgan fingerprint density at radius 2 is 1.58 bits per heavy atom. The first-order valence-corrected chi connectivity index (χ1v) is 7.70. The van der Waals surface area contributed by atoms with E-state index in [9.17, 15) is 9.59 Å². The predicted octanol–water partition coefficient (Wildman–Crippen LogP) is 3.65. The van der Waals surface area contributed by atoms with Crippen molar-refractivity contribution in [1.82, 2.24) is 4.90 Å². The molecule has 0 aromatic heterocycles. The van der Waals surface area contributed by atoms with Gasteiger partial charge < -0.3 is 9.47 Å². The second-order valence-corrected chi connectivity index (χ2v) is 5.15. The number of ether oxygens (including phenoxy) is 2. The van der Waals surface area contributed by atoms with Gasteiger partial charge in [-0.25, -0.2) is 9.59 Å². The quantitative estimate of drug-likeness (QED) is 0.787. The molecule has 0 radical (unpaired) electrons. The third-order valence-electron chi connectivity index (χ3n) is 3.84. The van der Waals surface area contributed by atoms with E-state index in [-0.39, 0.29) is 0 Å². The monoisotopic (exact) mass is 327 g/mol. The van der Waals surface area contributed by atoms with Crippen LogP contribution in [-0.4, -0.2) is 37.7 Å². The highest BCUT2D eigenvalue weighted by molar-refractivity contribution is 5.91. The van der Waals surface area contributed by atoms with E-state index in [0.29, 0.717) is 17.7 Å². The van der Waals surface area contributed by atoms with Crippen molar-refractivity contribution in [3.63, 3.8) is 0 Å². The minimum atomic E-state index is -0.453. The fraction of sp³-hybridized carbons (Fsp3) is 0.263. The molecule has 1 unspecified atom stereocenters. The van der Waals surface area contributed by atoms with Gasteiger partial charge in [0.25, 0.3) is 0 Å². The van der Waals surface area contributed by atoms with Gasteiger partial charge in [0.15, 0.2) is 0 Å². The Kier molecular flexibility index (Phi) is 5.95. The van der Waals surface area contributed by atoms with Crippen molar-refractivity contribution < 1.29 is 19.1 Å². The zero-order chi connectivity index (χ0) is 17.5. The molecule has 5 nitrogen and oxygen atoms in total. The lowest BCUT2D eigenvalue weighted by Crippen LogP contribution is -2.36. The predicted molar refractivity (Wildman–Crippen MR) is 90.9 cm³/mol. The summed E-state index contributed by atoms with van der Waals surface area (Å²) >= 11 is 0. The molecule has 0 fully saturated rings. The van der Waals surface area contributed by atoms with Gasteiger partial charge in [0.2, 0.25) is 0 Å². The lowest BCUT2D eigenvalue weighted by atomic mass is 9.93. The molecule has 0 bridgehead atoms. The van der Waals surface area contributed by atoms with Crippen molar-refractivity contribution in [2.24, 2.45) is 0 Å². The fourth-order valence-corrected chi connectivity index (χ4v) is 2.73. The molecular weight excluding hydrogens is 306 g/mol. The molecule has 0 aliphatic carbocycles. The standard InChI is InChI=1S/C19H21NO4/c1-4-20(19(22)24-3)17(14-10-6-5-7-11-14)15-12-8-9-13-16(15)18(21)23-2/h5-13,17H,4H2,1-3H3. The van der Waals surface area contributed by atoms with Crippen molar-refractivity contribution >= 4 is 12.1 Å². The molecule has 0 aliphatic rings. The Morgan fingerprint density at radius 3 is 2.17 bits per heavy atom. The van der Waals surface area contributed by atoms with Gasteiger partial charge in [0.1, 0.15) is 0 Å². The molecule has 5 heteroatoms. The number of methoxy groups -OCH3 is 2. The van der Waals surface area contributed by atoms with E-state index in [1.165, 1.54) is 14.2 Å². The van der Waals surface area contributed by atoms with Gasteiger partial charge in [-0.3, -0.25) is 4.90 Å². The van der Waals surface area contributed by atoms with Gasteiger partial charge in [0, 0.05) is 6.54 Å². The molecule has 0 heterocycles. The first kappa shape index (κ1) is 17.5. The number of amides is 1. The largest absolute Gasteiger partial charge is 0.465 e. The minimum Gasteiger partial charge on any atom is -0.465 e. The molecule has 126 valence electrons. The maximum Gasteiger partial charge on any atom is 0.410 e. The van der Waals surface area contributed by atoms with Crippen molar-refractivity contribution in [2.45, 2.75) is 13.0 Å². The average Bonchev–Trinajstić information content (AvgIpc) is 2.65. The average molecular weight is 327 g/mol. The van der Waals surface area contributed by atoms with Gasteiger partial charge in [-0.15, -0.1) is 0 Å². The number of hydrogen-bond donors (Lipinski definition) is 0. The number of hydrogen-bond acceptors (Lipinski definition) is 4. The van der Waals surface area contributed by atoms with Crippen molar-refractivity contribution in [3.05, 3.63) is 71.3 Å². The molecule has 2 rings (SSSR count). The van der Waals surface area contributed by atoms with Crippen LogP contribution in [-0.2, 0) is 9.47 Å². The van der Waals surface area contributed by atoms with Crippen LogP contribution in [0.4, 0.5) is 4.79 Å². The molecule has 1 amide bonds. The summed E-state index contributed by atoms with van der Waals surface area (Å²) in [5.41, 5.74) is 2.01. The van der Waals surface area contributed by atoms with Gasteiger partial charge in [0.05, 0.1) is 25.8 Å². The summed E-state index contributed by atoms with van der Waals surface area (Å²) in [7, 11) is 2.69. The molecule has 0 spiro atoms. The van der Waals surface area contributed by atoms with Crippen molar-refractivity contribution in [3.8, 4) is 0 Å². The normalized spacial score (nSPS) is 11.5. The van der Waals surface area contributed by atoms with Crippen LogP contribution in [0.15, 0.2) is 54.6 Å². The van der Waals surface area contributed by atoms with Gasteiger partial charge in [-0.2, -0.15) is 0 Å². The van der Waals surface area contributed by atoms with Crippen LogP contribution in [0.3, 0.4) is 0 Å². The summed E-state index contributed by atoms with van der Waals surface area (Å²) in [6, 6.07) is 16.2. The molecular formula is C19H21NO4. The van der Waals surface area contributed by atoms with E-state index in [1.54, 1.807) is 17.0 Å². The summed E-state index contributed by atoms with van der Waals surface area (Å²) in [4.78, 5) is 26.0. The third-order valence-corrected chi connectivity index (χ3v) is 3.84. The molecule has 0 aliphatic heterocycles. The molecule has 0 saturated heterocycles. The molecule has 2 aromatic rings. The summed E-state index contributed by atoms with van der Waals surface area (Å²) in [6.45, 7) is 2.30. The second kappa shape index (κ2) is 8.15. The van der Waals surface area contributed by atoms with E-state index >= 15 is 0 Å². The summed E-state index contributed by atoms with van der Waals surface area (Å²) in [5.74, 6) is -0.438. The van der Waals surface area contributed by atoms with E-state index < -0.39 is 18.1 Å². The van der Waals surface area contributed by atoms with E-state index in [4.69, 9.17) is 9.47 Å². The fourth-order valence-electron chi connectivity index (χ4n) is 2.73. The summed E-state index contributed by atoms with van der Waals surface area (Å²) < 4.78 is 9.81.